The molecule has 6 heteroatoms. The van der Waals surface area contributed by atoms with Gasteiger partial charge in [-0.3, -0.25) is 4.79 Å². The Labute approximate surface area is 161 Å². The van der Waals surface area contributed by atoms with E-state index in [-0.39, 0.29) is 30.6 Å². The van der Waals surface area contributed by atoms with Crippen molar-refractivity contribution >= 4 is 11.8 Å². The number of aliphatic carboxylic acids is 1. The minimum absolute atomic E-state index is 0.0272. The monoisotopic (exact) mass is 382 g/mol. The van der Waals surface area contributed by atoms with Gasteiger partial charge >= 0.3 is 5.97 Å². The lowest BCUT2D eigenvalue weighted by atomic mass is 9.89. The van der Waals surface area contributed by atoms with E-state index in [0.717, 1.165) is 19.3 Å². The number of Topliss-reactive ketones (excluding diaryl/α,β-unsaturated/α-hetero) is 1. The maximum Gasteiger partial charge on any atom is 0.332 e. The van der Waals surface area contributed by atoms with Gasteiger partial charge in [0.2, 0.25) is 0 Å². The highest BCUT2D eigenvalue weighted by molar-refractivity contribution is 5.84. The van der Waals surface area contributed by atoms with Crippen molar-refractivity contribution in [3.05, 3.63) is 24.3 Å². The second-order valence-corrected chi connectivity index (χ2v) is 7.68. The number of rotatable bonds is 12. The molecular formula is C21H34O6. The Morgan fingerprint density at radius 3 is 2.70 bits per heavy atom. The van der Waals surface area contributed by atoms with E-state index in [4.69, 9.17) is 9.84 Å². The highest BCUT2D eigenvalue weighted by Crippen LogP contribution is 2.33. The molecule has 0 amide bonds. The van der Waals surface area contributed by atoms with E-state index in [1.165, 1.54) is 6.92 Å². The maximum absolute atomic E-state index is 12.2. The van der Waals surface area contributed by atoms with E-state index in [1.807, 2.05) is 19.1 Å². The number of aliphatic hydroxyl groups excluding tert-OH is 1. The number of hydrogen-bond donors (Lipinski definition) is 3. The second kappa shape index (κ2) is 11.4. The Hall–Kier alpha value is -1.50. The van der Waals surface area contributed by atoms with Crippen LogP contribution in [0.15, 0.2) is 24.3 Å². The van der Waals surface area contributed by atoms with Gasteiger partial charge in [0.15, 0.2) is 6.10 Å². The van der Waals surface area contributed by atoms with Crippen LogP contribution in [-0.4, -0.2) is 51.5 Å². The molecule has 0 aromatic carbocycles. The lowest BCUT2D eigenvalue weighted by Crippen LogP contribution is -2.23. The Morgan fingerprint density at radius 2 is 2.07 bits per heavy atom. The van der Waals surface area contributed by atoms with Crippen LogP contribution >= 0.6 is 0 Å². The molecule has 1 aliphatic rings. The van der Waals surface area contributed by atoms with Gasteiger partial charge in [-0.2, -0.15) is 0 Å². The van der Waals surface area contributed by atoms with Crippen molar-refractivity contribution in [2.75, 3.05) is 6.61 Å². The molecule has 0 aliphatic heterocycles. The predicted octanol–water partition coefficient (Wildman–Crippen LogP) is 2.88. The highest BCUT2D eigenvalue weighted by Gasteiger charge is 2.39. The van der Waals surface area contributed by atoms with Gasteiger partial charge < -0.3 is 20.1 Å². The summed E-state index contributed by atoms with van der Waals surface area (Å²) in [5.41, 5.74) is -0.770. The first-order valence-corrected chi connectivity index (χ1v) is 9.77. The Bertz CT molecular complexity index is 537. The number of ketones is 1. The molecule has 27 heavy (non-hydrogen) atoms. The van der Waals surface area contributed by atoms with Crippen LogP contribution < -0.4 is 0 Å². The molecule has 5 atom stereocenters. The zero-order valence-electron chi connectivity index (χ0n) is 16.6. The summed E-state index contributed by atoms with van der Waals surface area (Å²) in [4.78, 5) is 22.8. The molecule has 6 nitrogen and oxygen atoms in total. The first-order chi connectivity index (χ1) is 12.7. The van der Waals surface area contributed by atoms with Crippen LogP contribution in [0, 0.1) is 11.8 Å². The van der Waals surface area contributed by atoms with E-state index in [1.54, 1.807) is 12.2 Å². The first kappa shape index (κ1) is 23.5. The lowest BCUT2D eigenvalue weighted by molar-refractivity contribution is -0.148. The standard InChI is InChI=1S/C21H34O6/c1-4-5-11-21(3,26)12-8-10-17-16(18(22)14-19(17)23)9-6-7-13-27-15(2)20(24)25/h6-8,10,15-17,19,23,26H,4-5,9,11-14H2,1-3H3,(H,24,25)/b7-6-,10-8+. The minimum atomic E-state index is -1.02. The number of unbranched alkanes of at least 4 members (excludes halogenated alkanes) is 1. The van der Waals surface area contributed by atoms with Crippen LogP contribution in [0.5, 0.6) is 0 Å². The van der Waals surface area contributed by atoms with E-state index in [9.17, 15) is 19.8 Å². The van der Waals surface area contributed by atoms with Gasteiger partial charge in [0.05, 0.1) is 18.3 Å². The molecule has 0 aromatic rings. The van der Waals surface area contributed by atoms with E-state index in [2.05, 4.69) is 6.92 Å². The Balaban J connectivity index is 2.55. The quantitative estimate of drug-likeness (QED) is 0.448. The molecule has 1 saturated carbocycles. The van der Waals surface area contributed by atoms with Gasteiger partial charge in [-0.1, -0.05) is 44.1 Å². The normalized spacial score (nSPS) is 26.7. The fourth-order valence-corrected chi connectivity index (χ4v) is 3.25. The van der Waals surface area contributed by atoms with Crippen molar-refractivity contribution < 1.29 is 29.6 Å². The number of carboxylic acids is 1. The molecule has 0 bridgehead atoms. The van der Waals surface area contributed by atoms with Crippen LogP contribution in [0.3, 0.4) is 0 Å². The highest BCUT2D eigenvalue weighted by atomic mass is 16.5. The van der Waals surface area contributed by atoms with Crippen LogP contribution in [-0.2, 0) is 14.3 Å². The maximum atomic E-state index is 12.2. The van der Waals surface area contributed by atoms with Crippen molar-refractivity contribution in [2.45, 2.75) is 77.1 Å². The number of carboxylic acid groups (broad SMARTS) is 1. The average molecular weight is 382 g/mol. The van der Waals surface area contributed by atoms with Gasteiger partial charge in [0.1, 0.15) is 5.78 Å². The van der Waals surface area contributed by atoms with Gasteiger partial charge in [0, 0.05) is 18.3 Å². The third kappa shape index (κ3) is 8.37. The van der Waals surface area contributed by atoms with Crippen molar-refractivity contribution in [2.24, 2.45) is 11.8 Å². The molecule has 1 aliphatic carbocycles. The average Bonchev–Trinajstić information content (AvgIpc) is 2.86. The molecule has 5 unspecified atom stereocenters. The van der Waals surface area contributed by atoms with E-state index in [0.29, 0.717) is 12.8 Å². The lowest BCUT2D eigenvalue weighted by Gasteiger charge is -2.22. The molecule has 0 saturated heterocycles. The summed E-state index contributed by atoms with van der Waals surface area (Å²) in [6.07, 6.45) is 9.48. The van der Waals surface area contributed by atoms with Gasteiger partial charge in [0.25, 0.3) is 0 Å². The predicted molar refractivity (Wildman–Crippen MR) is 103 cm³/mol. The zero-order valence-corrected chi connectivity index (χ0v) is 16.6. The van der Waals surface area contributed by atoms with E-state index >= 15 is 0 Å². The van der Waals surface area contributed by atoms with Gasteiger partial charge in [-0.25, -0.2) is 4.79 Å². The first-order valence-electron chi connectivity index (χ1n) is 9.77. The van der Waals surface area contributed by atoms with Crippen LogP contribution in [0.25, 0.3) is 0 Å². The summed E-state index contributed by atoms with van der Waals surface area (Å²) in [5.74, 6) is -1.55. The topological polar surface area (TPSA) is 104 Å². The molecule has 1 fully saturated rings. The molecular weight excluding hydrogens is 348 g/mol. The van der Waals surface area contributed by atoms with Crippen LogP contribution in [0.2, 0.25) is 0 Å². The molecule has 1 rings (SSSR count). The van der Waals surface area contributed by atoms with Gasteiger partial charge in [-0.15, -0.1) is 0 Å². The van der Waals surface area contributed by atoms with Crippen molar-refractivity contribution in [3.63, 3.8) is 0 Å². The third-order valence-corrected chi connectivity index (χ3v) is 5.06. The van der Waals surface area contributed by atoms with Crippen LogP contribution in [0.1, 0.15) is 59.3 Å². The number of carbonyl (C=O) groups excluding carboxylic acids is 1. The number of ether oxygens (including phenoxy) is 1. The number of allylic oxidation sites excluding steroid dienone is 1. The number of aliphatic hydroxyl groups is 2. The fraction of sp³-hybridized carbons (Fsp3) is 0.714. The second-order valence-electron chi connectivity index (χ2n) is 7.68. The molecule has 0 aromatic heterocycles. The molecule has 0 heterocycles. The van der Waals surface area contributed by atoms with Crippen LogP contribution in [0.4, 0.5) is 0 Å². The zero-order chi connectivity index (χ0) is 20.4. The SMILES string of the molecule is CCCCC(C)(O)C/C=C/C1C(O)CC(=O)C1C/C=C\COC(C)C(=O)O. The Morgan fingerprint density at radius 1 is 1.37 bits per heavy atom. The molecule has 0 spiro atoms. The fourth-order valence-electron chi connectivity index (χ4n) is 3.25. The summed E-state index contributed by atoms with van der Waals surface area (Å²) in [6, 6.07) is 0. The molecule has 0 radical (unpaired) electrons. The summed E-state index contributed by atoms with van der Waals surface area (Å²) < 4.78 is 5.12. The summed E-state index contributed by atoms with van der Waals surface area (Å²) >= 11 is 0. The minimum Gasteiger partial charge on any atom is -0.479 e. The number of hydrogen-bond acceptors (Lipinski definition) is 5. The molecule has 154 valence electrons. The van der Waals surface area contributed by atoms with Crippen molar-refractivity contribution in [1.29, 1.82) is 0 Å². The summed E-state index contributed by atoms with van der Waals surface area (Å²) in [7, 11) is 0. The van der Waals surface area contributed by atoms with Crippen molar-refractivity contribution in [3.8, 4) is 0 Å². The number of carbonyl (C=O) groups is 2. The molecule has 3 N–H and O–H groups in total. The Kier molecular flexibility index (Phi) is 9.91. The largest absolute Gasteiger partial charge is 0.479 e. The van der Waals surface area contributed by atoms with E-state index < -0.39 is 23.8 Å². The third-order valence-electron chi connectivity index (χ3n) is 5.06. The smallest absolute Gasteiger partial charge is 0.332 e. The summed E-state index contributed by atoms with van der Waals surface area (Å²) in [5, 5.41) is 29.3. The van der Waals surface area contributed by atoms with Crippen molar-refractivity contribution in [1.82, 2.24) is 0 Å². The van der Waals surface area contributed by atoms with Gasteiger partial charge in [-0.05, 0) is 33.1 Å². The summed E-state index contributed by atoms with van der Waals surface area (Å²) in [6.45, 7) is 5.51.